The molecule has 1 fully saturated rings. The van der Waals surface area contributed by atoms with E-state index in [1.54, 1.807) is 25.1 Å². The third kappa shape index (κ3) is 6.46. The highest BCUT2D eigenvalue weighted by molar-refractivity contribution is 5.96. The van der Waals surface area contributed by atoms with Gasteiger partial charge >= 0.3 is 6.18 Å². The van der Waals surface area contributed by atoms with E-state index in [4.69, 9.17) is 0 Å². The molecule has 15 heteroatoms. The molecular formula is C28H32F3N9O3. The van der Waals surface area contributed by atoms with Gasteiger partial charge in [0.2, 0.25) is 5.91 Å². The number of imidazole rings is 1. The Balaban J connectivity index is 1.26. The lowest BCUT2D eigenvalue weighted by molar-refractivity contribution is -0.141. The highest BCUT2D eigenvalue weighted by atomic mass is 19.4. The quantitative estimate of drug-likeness (QED) is 0.184. The van der Waals surface area contributed by atoms with E-state index in [-0.39, 0.29) is 36.2 Å². The number of hydrogen-bond donors (Lipinski definition) is 5. The lowest BCUT2D eigenvalue weighted by Crippen LogP contribution is -2.43. The van der Waals surface area contributed by atoms with Gasteiger partial charge in [-0.2, -0.15) is 18.3 Å². The third-order valence-corrected chi connectivity index (χ3v) is 7.19. The fourth-order valence-electron chi connectivity index (χ4n) is 5.11. The summed E-state index contributed by atoms with van der Waals surface area (Å²) in [6.07, 6.45) is 1.85. The van der Waals surface area contributed by atoms with Crippen molar-refractivity contribution in [1.82, 2.24) is 40.1 Å². The van der Waals surface area contributed by atoms with E-state index in [0.717, 1.165) is 10.2 Å². The number of aromatic nitrogens is 5. The number of benzene rings is 1. The van der Waals surface area contributed by atoms with Gasteiger partial charge in [-0.3, -0.25) is 18.7 Å². The summed E-state index contributed by atoms with van der Waals surface area (Å²) in [7, 11) is 1.42. The van der Waals surface area contributed by atoms with Crippen LogP contribution in [0.3, 0.4) is 0 Å². The molecule has 0 bridgehead atoms. The van der Waals surface area contributed by atoms with Gasteiger partial charge in [0.25, 0.3) is 5.91 Å². The molecule has 4 heterocycles. The second-order valence-electron chi connectivity index (χ2n) is 10.7. The number of carbonyl (C=O) groups is 2. The molecule has 1 aromatic carbocycles. The fraction of sp³-hybridized carbons (Fsp3) is 0.393. The first-order chi connectivity index (χ1) is 20.4. The molecule has 5 rings (SSSR count). The number of β-amino-alcohol motifs (C(OH)–C–C–N with tert-alkyl or cyclic N) is 1. The molecule has 0 spiro atoms. The molecule has 0 aliphatic carbocycles. The van der Waals surface area contributed by atoms with Gasteiger partial charge in [-0.1, -0.05) is 6.92 Å². The number of fused-ring (bicyclic) bond motifs is 1. The van der Waals surface area contributed by atoms with E-state index in [0.29, 0.717) is 42.1 Å². The molecule has 3 aromatic heterocycles. The van der Waals surface area contributed by atoms with Crippen LogP contribution in [-0.2, 0) is 24.4 Å². The van der Waals surface area contributed by atoms with Crippen LogP contribution in [0.5, 0.6) is 0 Å². The summed E-state index contributed by atoms with van der Waals surface area (Å²) in [6, 6.07) is 4.69. The summed E-state index contributed by atoms with van der Waals surface area (Å²) in [4.78, 5) is 33.8. The molecule has 4 aromatic rings. The molecule has 1 saturated heterocycles. The summed E-state index contributed by atoms with van der Waals surface area (Å²) in [5, 5.41) is 25.3. The maximum absolute atomic E-state index is 13.6. The van der Waals surface area contributed by atoms with Gasteiger partial charge in [0.15, 0.2) is 17.2 Å². The monoisotopic (exact) mass is 599 g/mol. The van der Waals surface area contributed by atoms with Crippen LogP contribution in [0.4, 0.5) is 24.7 Å². The number of nitrogens with one attached hydrogen (secondary N) is 4. The van der Waals surface area contributed by atoms with E-state index in [9.17, 15) is 27.9 Å². The van der Waals surface area contributed by atoms with Crippen molar-refractivity contribution in [1.29, 1.82) is 0 Å². The molecule has 0 unspecified atom stereocenters. The first kappa shape index (κ1) is 30.0. The largest absolute Gasteiger partial charge is 0.435 e. The smallest absolute Gasteiger partial charge is 0.389 e. The predicted molar refractivity (Wildman–Crippen MR) is 152 cm³/mol. The summed E-state index contributed by atoms with van der Waals surface area (Å²) in [6.45, 7) is 4.37. The van der Waals surface area contributed by atoms with E-state index >= 15 is 0 Å². The lowest BCUT2D eigenvalue weighted by atomic mass is 10.0. The second-order valence-corrected chi connectivity index (χ2v) is 10.7. The minimum atomic E-state index is -4.64. The highest BCUT2D eigenvalue weighted by Crippen LogP contribution is 2.36. The van der Waals surface area contributed by atoms with E-state index in [1.807, 2.05) is 6.92 Å². The maximum atomic E-state index is 13.6. The van der Waals surface area contributed by atoms with Crippen LogP contribution < -0.4 is 21.3 Å². The number of amides is 2. The summed E-state index contributed by atoms with van der Waals surface area (Å²) < 4.78 is 43.4. The van der Waals surface area contributed by atoms with Crippen molar-refractivity contribution < 1.29 is 27.9 Å². The third-order valence-electron chi connectivity index (χ3n) is 7.19. The van der Waals surface area contributed by atoms with Gasteiger partial charge in [-0.05, 0) is 37.1 Å². The molecular weight excluding hydrogens is 567 g/mol. The van der Waals surface area contributed by atoms with Crippen molar-refractivity contribution in [2.24, 2.45) is 7.05 Å². The molecule has 5 N–H and O–H groups in total. The number of rotatable bonds is 9. The summed E-state index contributed by atoms with van der Waals surface area (Å²) >= 11 is 0. The number of alkyl halides is 3. The molecule has 0 radical (unpaired) electrons. The van der Waals surface area contributed by atoms with E-state index in [2.05, 4.69) is 36.3 Å². The minimum Gasteiger partial charge on any atom is -0.389 e. The predicted octanol–water partition coefficient (Wildman–Crippen LogP) is 2.41. The van der Waals surface area contributed by atoms with Crippen molar-refractivity contribution in [2.45, 2.75) is 44.5 Å². The van der Waals surface area contributed by atoms with Crippen LogP contribution in [-0.4, -0.2) is 72.3 Å². The Bertz CT molecular complexity index is 1660. The topological polar surface area (TPSA) is 150 Å². The number of anilines is 2. The standard InChI is InChI=1S/C28H32F3N9O3/c1-4-16-11-17(5-6-18(16)25(41)33-7-8-34-26(42)20-12-27(2,43)15-36-20)37-23-24-35-13-21(40(24)10-9-32-23)19-14-39(3)38-22(19)28(29,30)31/h5-6,9-11,13-14,20,36,43H,4,7-8,12,15H2,1-3H3,(H,32,37)(H,33,41)(H,34,42)/t20-,27-/m0/s1. The van der Waals surface area contributed by atoms with Crippen molar-refractivity contribution in [3.05, 3.63) is 59.8 Å². The van der Waals surface area contributed by atoms with Gasteiger partial charge in [0.1, 0.15) is 0 Å². The zero-order valence-electron chi connectivity index (χ0n) is 23.8. The van der Waals surface area contributed by atoms with E-state index < -0.39 is 23.5 Å². The molecule has 1 aliphatic heterocycles. The van der Waals surface area contributed by atoms with Crippen molar-refractivity contribution >= 4 is 29.0 Å². The SMILES string of the molecule is CCc1cc(Nc2nccn3c(-c4cn(C)nc4C(F)(F)F)cnc23)ccc1C(=O)NCCNC(=O)[C@@H]1C[C@](C)(O)CN1. The van der Waals surface area contributed by atoms with E-state index in [1.165, 1.54) is 36.2 Å². The molecule has 0 saturated carbocycles. The number of hydrogen-bond acceptors (Lipinski definition) is 8. The highest BCUT2D eigenvalue weighted by Gasteiger charge is 2.38. The van der Waals surface area contributed by atoms with Crippen molar-refractivity contribution in [2.75, 3.05) is 25.0 Å². The Labute approximate surface area is 244 Å². The van der Waals surface area contributed by atoms with Crippen LogP contribution in [0.2, 0.25) is 0 Å². The normalized spacial score (nSPS) is 18.6. The van der Waals surface area contributed by atoms with Crippen LogP contribution in [0.25, 0.3) is 16.9 Å². The van der Waals surface area contributed by atoms with Crippen molar-refractivity contribution in [3.63, 3.8) is 0 Å². The molecule has 228 valence electrons. The fourth-order valence-corrected chi connectivity index (χ4v) is 5.11. The molecule has 43 heavy (non-hydrogen) atoms. The van der Waals surface area contributed by atoms with Crippen molar-refractivity contribution in [3.8, 4) is 11.3 Å². The Morgan fingerprint density at radius 1 is 1.21 bits per heavy atom. The zero-order valence-corrected chi connectivity index (χ0v) is 23.8. The lowest BCUT2D eigenvalue weighted by Gasteiger charge is -2.15. The Morgan fingerprint density at radius 3 is 2.67 bits per heavy atom. The number of carbonyl (C=O) groups excluding carboxylic acids is 2. The minimum absolute atomic E-state index is 0.105. The number of aryl methyl sites for hydroxylation is 2. The Morgan fingerprint density at radius 2 is 1.98 bits per heavy atom. The molecule has 12 nitrogen and oxygen atoms in total. The summed E-state index contributed by atoms with van der Waals surface area (Å²) in [5.74, 6) is -0.208. The van der Waals surface area contributed by atoms with Gasteiger partial charge < -0.3 is 26.4 Å². The van der Waals surface area contributed by atoms with Crippen LogP contribution in [0.1, 0.15) is 41.9 Å². The maximum Gasteiger partial charge on any atom is 0.435 e. The first-order valence-electron chi connectivity index (χ1n) is 13.7. The molecule has 2 amide bonds. The van der Waals surface area contributed by atoms with Gasteiger partial charge in [-0.25, -0.2) is 9.97 Å². The first-order valence-corrected chi connectivity index (χ1v) is 13.7. The van der Waals surface area contributed by atoms with Gasteiger partial charge in [0.05, 0.1) is 29.1 Å². The Hall–Kier alpha value is -4.50. The van der Waals surface area contributed by atoms with Crippen LogP contribution in [0.15, 0.2) is 43.0 Å². The summed E-state index contributed by atoms with van der Waals surface area (Å²) in [5.41, 5.74) is 0.334. The Kier molecular flexibility index (Phi) is 8.12. The average Bonchev–Trinajstić information content (AvgIpc) is 3.66. The number of halogens is 3. The number of nitrogens with zero attached hydrogens (tertiary/aromatic N) is 5. The van der Waals surface area contributed by atoms with Gasteiger partial charge in [-0.15, -0.1) is 0 Å². The average molecular weight is 600 g/mol. The molecule has 2 atom stereocenters. The van der Waals surface area contributed by atoms with Crippen LogP contribution >= 0.6 is 0 Å². The second kappa shape index (κ2) is 11.6. The van der Waals surface area contributed by atoms with Gasteiger partial charge in [0, 0.05) is 62.9 Å². The molecule has 1 aliphatic rings. The van der Waals surface area contributed by atoms with Crippen LogP contribution in [0, 0.1) is 0 Å². The zero-order chi connectivity index (χ0) is 30.9. The number of aliphatic hydroxyl groups is 1.